The van der Waals surface area contributed by atoms with Crippen molar-refractivity contribution in [2.45, 2.75) is 37.9 Å². The van der Waals surface area contributed by atoms with E-state index in [0.29, 0.717) is 0 Å². The number of unbranched alkanes of at least 4 members (excludes halogenated alkanes) is 2. The Hall–Kier alpha value is 0.234. The van der Waals surface area contributed by atoms with Crippen molar-refractivity contribution in [1.29, 1.82) is 0 Å². The van der Waals surface area contributed by atoms with E-state index >= 15 is 0 Å². The highest BCUT2D eigenvalue weighted by Gasteiger charge is 2.32. The molecule has 0 amide bonds. The van der Waals surface area contributed by atoms with Gasteiger partial charge in [0.15, 0.2) is 0 Å². The van der Waals surface area contributed by atoms with Crippen LogP contribution in [0.4, 0.5) is 0 Å². The first-order valence-electron chi connectivity index (χ1n) is 6.44. The van der Waals surface area contributed by atoms with Crippen molar-refractivity contribution >= 4 is 16.6 Å². The number of aliphatic hydroxyl groups is 3. The first-order chi connectivity index (χ1) is 8.51. The van der Waals surface area contributed by atoms with E-state index in [1.165, 1.54) is 0 Å². The van der Waals surface area contributed by atoms with Crippen LogP contribution in [0.1, 0.15) is 19.3 Å². The fraction of sp³-hybridized carbons (Fsp3) is 1.00. The number of hydrogen-bond donors (Lipinski definition) is 3. The first kappa shape index (κ1) is 18.2. The molecule has 0 aromatic carbocycles. The second kappa shape index (κ2) is 9.19. The molecule has 110 valence electrons. The molecule has 0 spiro atoms. The topological polar surface area (TPSA) is 79.2 Å². The summed E-state index contributed by atoms with van der Waals surface area (Å²) in [5, 5.41) is 27.8. The summed E-state index contributed by atoms with van der Waals surface area (Å²) in [5.41, 5.74) is 0. The smallest absolute Gasteiger partial charge is 0.242 e. The van der Waals surface area contributed by atoms with Gasteiger partial charge in [0.2, 0.25) is 16.6 Å². The highest BCUT2D eigenvalue weighted by molar-refractivity contribution is 6.73. The molecule has 0 heterocycles. The second-order valence-corrected chi connectivity index (χ2v) is 13.1. The van der Waals surface area contributed by atoms with Crippen LogP contribution in [0, 0.1) is 0 Å². The van der Waals surface area contributed by atoms with Crippen molar-refractivity contribution in [2.24, 2.45) is 0 Å². The zero-order chi connectivity index (χ0) is 14.1. The van der Waals surface area contributed by atoms with E-state index < -0.39 is 16.6 Å². The van der Waals surface area contributed by atoms with Gasteiger partial charge < -0.3 is 24.2 Å². The van der Waals surface area contributed by atoms with Crippen LogP contribution in [0.5, 0.6) is 0 Å². The van der Waals surface area contributed by atoms with E-state index in [1.807, 2.05) is 6.55 Å². The Morgan fingerprint density at radius 3 is 1.72 bits per heavy atom. The van der Waals surface area contributed by atoms with Crippen LogP contribution in [0.2, 0.25) is 18.6 Å². The normalized spacial score (nSPS) is 15.7. The van der Waals surface area contributed by atoms with Crippen molar-refractivity contribution in [2.75, 3.05) is 32.9 Å². The van der Waals surface area contributed by atoms with Crippen LogP contribution in [0.3, 0.4) is 0 Å². The zero-order valence-corrected chi connectivity index (χ0v) is 13.8. The van der Waals surface area contributed by atoms with Crippen LogP contribution < -0.4 is 0 Å². The molecule has 7 heteroatoms. The van der Waals surface area contributed by atoms with Gasteiger partial charge in [0, 0.05) is 14.2 Å². The molecule has 18 heavy (non-hydrogen) atoms. The van der Waals surface area contributed by atoms with Gasteiger partial charge >= 0.3 is 0 Å². The molecule has 3 N–H and O–H groups in total. The molecule has 1 unspecified atom stereocenters. The van der Waals surface area contributed by atoms with Crippen LogP contribution in [-0.4, -0.2) is 64.9 Å². The van der Waals surface area contributed by atoms with Crippen LogP contribution in [0.25, 0.3) is 0 Å². The third-order valence-corrected chi connectivity index (χ3v) is 10.0. The summed E-state index contributed by atoms with van der Waals surface area (Å²) in [7, 11) is -0.931. The fourth-order valence-electron chi connectivity index (χ4n) is 1.81. The molecule has 0 aliphatic rings. The molecule has 0 saturated heterocycles. The summed E-state index contributed by atoms with van der Waals surface area (Å²) >= 11 is 0. The van der Waals surface area contributed by atoms with Gasteiger partial charge in [-0.3, -0.25) is 0 Å². The van der Waals surface area contributed by atoms with Gasteiger partial charge in [-0.15, -0.1) is 0 Å². The van der Waals surface area contributed by atoms with Crippen molar-refractivity contribution in [3.63, 3.8) is 0 Å². The lowest BCUT2D eigenvalue weighted by atomic mass is 10.3. The minimum atomic E-state index is -2.29. The third-order valence-electron chi connectivity index (χ3n) is 3.67. The monoisotopic (exact) mass is 296 g/mol. The molecule has 0 rings (SSSR count). The highest BCUT2D eigenvalue weighted by atomic mass is 28.4. The lowest BCUT2D eigenvalue weighted by molar-refractivity contribution is 0.252. The van der Waals surface area contributed by atoms with E-state index in [1.54, 1.807) is 14.2 Å². The zero-order valence-electron chi connectivity index (χ0n) is 11.8. The average molecular weight is 297 g/mol. The number of rotatable bonds is 11. The van der Waals surface area contributed by atoms with Crippen LogP contribution in [-0.2, 0) is 8.85 Å². The lowest BCUT2D eigenvalue weighted by Gasteiger charge is -2.25. The van der Waals surface area contributed by atoms with Crippen LogP contribution in [0.15, 0.2) is 0 Å². The minimum absolute atomic E-state index is 0.0266. The second-order valence-electron chi connectivity index (χ2n) is 5.08. The maximum absolute atomic E-state index is 9.27. The van der Waals surface area contributed by atoms with Gasteiger partial charge in [0.25, 0.3) is 0 Å². The van der Waals surface area contributed by atoms with Crippen LogP contribution >= 0.6 is 0 Å². The maximum atomic E-state index is 9.27. The predicted octanol–water partition coefficient (Wildman–Crippen LogP) is 0.565. The van der Waals surface area contributed by atoms with Gasteiger partial charge in [-0.05, 0) is 18.6 Å². The standard InChI is InChI=1S/C11H28O5Si2/c1-15-17(3,9-12)7-5-4-6-8-18(10-13,11-14)16-2/h12-14H,4-11H2,1-3H3. The Labute approximate surface area is 112 Å². The van der Waals surface area contributed by atoms with Gasteiger partial charge in [-0.25, -0.2) is 0 Å². The largest absolute Gasteiger partial charge is 0.418 e. The Bertz CT molecular complexity index is 199. The summed E-state index contributed by atoms with van der Waals surface area (Å²) in [6.45, 7) is 2.03. The predicted molar refractivity (Wildman–Crippen MR) is 76.1 cm³/mol. The summed E-state index contributed by atoms with van der Waals surface area (Å²) in [6.07, 6.45) is 3.09. The minimum Gasteiger partial charge on any atom is -0.418 e. The maximum Gasteiger partial charge on any atom is 0.242 e. The van der Waals surface area contributed by atoms with Crippen molar-refractivity contribution in [3.8, 4) is 0 Å². The van der Waals surface area contributed by atoms with Crippen molar-refractivity contribution in [3.05, 3.63) is 0 Å². The molecular weight excluding hydrogens is 268 g/mol. The molecule has 0 fully saturated rings. The van der Waals surface area contributed by atoms with E-state index in [9.17, 15) is 15.3 Å². The molecule has 0 radical (unpaired) electrons. The molecule has 0 bridgehead atoms. The Morgan fingerprint density at radius 2 is 1.33 bits per heavy atom. The van der Waals surface area contributed by atoms with Gasteiger partial charge in [0.05, 0.1) is 18.7 Å². The summed E-state index contributed by atoms with van der Waals surface area (Å²) < 4.78 is 10.7. The highest BCUT2D eigenvalue weighted by Crippen LogP contribution is 2.19. The van der Waals surface area contributed by atoms with Gasteiger partial charge in [0.1, 0.15) is 0 Å². The quantitative estimate of drug-likeness (QED) is 0.384. The third kappa shape index (κ3) is 5.92. The first-order valence-corrected chi connectivity index (χ1v) is 11.8. The molecule has 0 saturated carbocycles. The molecule has 5 nitrogen and oxygen atoms in total. The molecule has 0 aromatic heterocycles. The number of hydrogen-bond acceptors (Lipinski definition) is 5. The molecule has 0 aliphatic heterocycles. The molecule has 0 aromatic rings. The van der Waals surface area contributed by atoms with Crippen molar-refractivity contribution < 1.29 is 24.2 Å². The average Bonchev–Trinajstić information content (AvgIpc) is 2.43. The van der Waals surface area contributed by atoms with E-state index in [4.69, 9.17) is 8.85 Å². The SMILES string of the molecule is CO[Si](C)(CO)CCCCC[Si](CO)(CO)OC. The molecule has 1 atom stereocenters. The van der Waals surface area contributed by atoms with E-state index in [2.05, 4.69) is 0 Å². The summed E-state index contributed by atoms with van der Waals surface area (Å²) in [4.78, 5) is 0. The Balaban J connectivity index is 3.86. The lowest BCUT2D eigenvalue weighted by Crippen LogP contribution is -2.46. The summed E-state index contributed by atoms with van der Waals surface area (Å²) in [5.74, 6) is 0. The molecular formula is C11H28O5Si2. The van der Waals surface area contributed by atoms with E-state index in [0.717, 1.165) is 31.4 Å². The number of aliphatic hydroxyl groups excluding tert-OH is 3. The molecule has 0 aliphatic carbocycles. The van der Waals surface area contributed by atoms with E-state index in [-0.39, 0.29) is 18.7 Å². The Kier molecular flexibility index (Phi) is 9.31. The van der Waals surface area contributed by atoms with Gasteiger partial charge in [-0.1, -0.05) is 19.3 Å². The Morgan fingerprint density at radius 1 is 0.778 bits per heavy atom. The fourth-order valence-corrected chi connectivity index (χ4v) is 5.07. The van der Waals surface area contributed by atoms with Crippen molar-refractivity contribution in [1.82, 2.24) is 0 Å². The van der Waals surface area contributed by atoms with Gasteiger partial charge in [-0.2, -0.15) is 0 Å². The summed E-state index contributed by atoms with van der Waals surface area (Å²) in [6, 6.07) is 1.72.